The lowest BCUT2D eigenvalue weighted by molar-refractivity contribution is 0.0591. The van der Waals surface area contributed by atoms with Gasteiger partial charge in [0, 0.05) is 18.1 Å². The molecule has 6 heteroatoms. The van der Waals surface area contributed by atoms with Gasteiger partial charge < -0.3 is 4.74 Å². The molecule has 0 bridgehead atoms. The second-order valence-corrected chi connectivity index (χ2v) is 3.42. The average molecular weight is 248 g/mol. The molecule has 2 rings (SSSR count). The van der Waals surface area contributed by atoms with Gasteiger partial charge in [0.25, 0.3) is 5.56 Å². The Morgan fingerprint density at radius 3 is 2.61 bits per heavy atom. The number of halogens is 1. The van der Waals surface area contributed by atoms with Crippen LogP contribution in [0.2, 0.25) is 0 Å². The summed E-state index contributed by atoms with van der Waals surface area (Å²) in [5.74, 6) is -1.22. The summed E-state index contributed by atoms with van der Waals surface area (Å²) >= 11 is 0. The van der Waals surface area contributed by atoms with E-state index in [1.807, 2.05) is 0 Å². The lowest BCUT2D eigenvalue weighted by atomic mass is 10.3. The van der Waals surface area contributed by atoms with Gasteiger partial charge in [-0.2, -0.15) is 0 Å². The molecule has 0 atom stereocenters. The van der Waals surface area contributed by atoms with Gasteiger partial charge in [-0.1, -0.05) is 0 Å². The molecular formula is C12H9FN2O3. The highest BCUT2D eigenvalue weighted by molar-refractivity contribution is 5.86. The Morgan fingerprint density at radius 2 is 2.00 bits per heavy atom. The summed E-state index contributed by atoms with van der Waals surface area (Å²) in [6.45, 7) is 0. The van der Waals surface area contributed by atoms with Gasteiger partial charge in [-0.25, -0.2) is 14.2 Å². The number of hydrogen-bond donors (Lipinski definition) is 0. The SMILES string of the molecule is COC(=O)c1nccn(-c2ccc(F)cc2)c1=O. The van der Waals surface area contributed by atoms with Gasteiger partial charge >= 0.3 is 5.97 Å². The molecule has 1 aromatic heterocycles. The summed E-state index contributed by atoms with van der Waals surface area (Å²) in [5.41, 5.74) is -0.491. The number of hydrogen-bond acceptors (Lipinski definition) is 4. The van der Waals surface area contributed by atoms with E-state index in [9.17, 15) is 14.0 Å². The third kappa shape index (κ3) is 2.13. The highest BCUT2D eigenvalue weighted by Crippen LogP contribution is 2.06. The molecule has 1 aromatic carbocycles. The molecular weight excluding hydrogens is 239 g/mol. The lowest BCUT2D eigenvalue weighted by Gasteiger charge is -2.06. The molecule has 2 aromatic rings. The Morgan fingerprint density at radius 1 is 1.33 bits per heavy atom. The van der Waals surface area contributed by atoms with Crippen LogP contribution in [0.5, 0.6) is 0 Å². The summed E-state index contributed by atoms with van der Waals surface area (Å²) in [7, 11) is 1.17. The van der Waals surface area contributed by atoms with Crippen LogP contribution in [0.3, 0.4) is 0 Å². The highest BCUT2D eigenvalue weighted by Gasteiger charge is 2.14. The van der Waals surface area contributed by atoms with Crippen LogP contribution in [-0.4, -0.2) is 22.6 Å². The first-order valence-electron chi connectivity index (χ1n) is 5.05. The van der Waals surface area contributed by atoms with E-state index in [1.54, 1.807) is 0 Å². The molecule has 0 aliphatic carbocycles. The van der Waals surface area contributed by atoms with E-state index < -0.39 is 17.3 Å². The molecule has 0 spiro atoms. The van der Waals surface area contributed by atoms with Gasteiger partial charge in [0.05, 0.1) is 7.11 Å². The van der Waals surface area contributed by atoms with Crippen molar-refractivity contribution in [3.8, 4) is 5.69 Å². The van der Waals surface area contributed by atoms with Crippen LogP contribution in [0, 0.1) is 5.82 Å². The van der Waals surface area contributed by atoms with Gasteiger partial charge in [-0.05, 0) is 24.3 Å². The average Bonchev–Trinajstić information content (AvgIpc) is 2.39. The summed E-state index contributed by atoms with van der Waals surface area (Å²) in [6.07, 6.45) is 2.69. The maximum atomic E-state index is 12.8. The second kappa shape index (κ2) is 4.79. The Hall–Kier alpha value is -2.50. The molecule has 0 N–H and O–H groups in total. The van der Waals surface area contributed by atoms with Gasteiger partial charge in [0.15, 0.2) is 0 Å². The van der Waals surface area contributed by atoms with Crippen molar-refractivity contribution in [2.45, 2.75) is 0 Å². The number of carbonyl (C=O) groups is 1. The van der Waals surface area contributed by atoms with E-state index >= 15 is 0 Å². The number of ether oxygens (including phenoxy) is 1. The van der Waals surface area contributed by atoms with Crippen molar-refractivity contribution in [2.75, 3.05) is 7.11 Å². The molecule has 0 aliphatic heterocycles. The molecule has 92 valence electrons. The summed E-state index contributed by atoms with van der Waals surface area (Å²) in [4.78, 5) is 26.9. The van der Waals surface area contributed by atoms with E-state index in [1.165, 1.54) is 48.3 Å². The van der Waals surface area contributed by atoms with Crippen molar-refractivity contribution in [2.24, 2.45) is 0 Å². The first kappa shape index (κ1) is 12.0. The van der Waals surface area contributed by atoms with Crippen LogP contribution >= 0.6 is 0 Å². The van der Waals surface area contributed by atoms with Crippen LogP contribution in [-0.2, 0) is 4.74 Å². The quantitative estimate of drug-likeness (QED) is 0.748. The zero-order valence-corrected chi connectivity index (χ0v) is 9.46. The van der Waals surface area contributed by atoms with Crippen molar-refractivity contribution >= 4 is 5.97 Å². The van der Waals surface area contributed by atoms with Crippen LogP contribution in [0.1, 0.15) is 10.5 Å². The van der Waals surface area contributed by atoms with Crippen molar-refractivity contribution in [1.29, 1.82) is 0 Å². The van der Waals surface area contributed by atoms with Crippen LogP contribution in [0.15, 0.2) is 41.5 Å². The van der Waals surface area contributed by atoms with Gasteiger partial charge in [0.2, 0.25) is 5.69 Å². The fourth-order valence-electron chi connectivity index (χ4n) is 1.45. The highest BCUT2D eigenvalue weighted by atomic mass is 19.1. The smallest absolute Gasteiger partial charge is 0.362 e. The Kier molecular flexibility index (Phi) is 3.18. The maximum absolute atomic E-state index is 12.8. The molecule has 5 nitrogen and oxygen atoms in total. The molecule has 0 unspecified atom stereocenters. The number of benzene rings is 1. The number of nitrogens with zero attached hydrogens (tertiary/aromatic N) is 2. The van der Waals surface area contributed by atoms with E-state index in [0.29, 0.717) is 5.69 Å². The number of carbonyl (C=O) groups excluding carboxylic acids is 1. The topological polar surface area (TPSA) is 61.2 Å². The molecule has 1 heterocycles. The minimum absolute atomic E-state index is 0.315. The zero-order valence-electron chi connectivity index (χ0n) is 9.46. The summed E-state index contributed by atoms with van der Waals surface area (Å²) in [6, 6.07) is 5.30. The molecule has 0 aliphatic rings. The fourth-order valence-corrected chi connectivity index (χ4v) is 1.45. The Bertz CT molecular complexity index is 635. The van der Waals surface area contributed by atoms with Crippen molar-refractivity contribution in [3.63, 3.8) is 0 Å². The normalized spacial score (nSPS) is 10.1. The number of rotatable bonds is 2. The van der Waals surface area contributed by atoms with Gasteiger partial charge in [0.1, 0.15) is 5.82 Å². The molecule has 0 saturated carbocycles. The van der Waals surface area contributed by atoms with E-state index in [-0.39, 0.29) is 5.69 Å². The largest absolute Gasteiger partial charge is 0.464 e. The first-order chi connectivity index (χ1) is 8.63. The molecule has 0 radical (unpaired) electrons. The first-order valence-corrected chi connectivity index (χ1v) is 5.05. The van der Waals surface area contributed by atoms with Crippen molar-refractivity contribution in [3.05, 3.63) is 58.5 Å². The Labute approximate surface area is 101 Å². The lowest BCUT2D eigenvalue weighted by Crippen LogP contribution is -2.27. The molecule has 0 amide bonds. The summed E-state index contributed by atoms with van der Waals surface area (Å²) < 4.78 is 18.4. The third-order valence-electron chi connectivity index (χ3n) is 2.32. The monoisotopic (exact) mass is 248 g/mol. The van der Waals surface area contributed by atoms with Crippen molar-refractivity contribution in [1.82, 2.24) is 9.55 Å². The van der Waals surface area contributed by atoms with Gasteiger partial charge in [-0.3, -0.25) is 9.36 Å². The third-order valence-corrected chi connectivity index (χ3v) is 2.32. The fraction of sp³-hybridized carbons (Fsp3) is 0.0833. The molecule has 0 saturated heterocycles. The maximum Gasteiger partial charge on any atom is 0.362 e. The number of aromatic nitrogens is 2. The predicted octanol–water partition coefficient (Wildman–Crippen LogP) is 1.16. The van der Waals surface area contributed by atoms with E-state index in [0.717, 1.165) is 0 Å². The standard InChI is InChI=1S/C12H9FN2O3/c1-18-12(17)10-11(16)15(7-6-14-10)9-4-2-8(13)3-5-9/h2-7H,1H3. The van der Waals surface area contributed by atoms with Gasteiger partial charge in [-0.15, -0.1) is 0 Å². The summed E-state index contributed by atoms with van der Waals surface area (Å²) in [5, 5.41) is 0. The van der Waals surface area contributed by atoms with E-state index in [2.05, 4.69) is 9.72 Å². The minimum atomic E-state index is -0.809. The van der Waals surface area contributed by atoms with Crippen LogP contribution < -0.4 is 5.56 Å². The van der Waals surface area contributed by atoms with Crippen molar-refractivity contribution < 1.29 is 13.9 Å². The Balaban J connectivity index is 2.56. The molecule has 0 fully saturated rings. The van der Waals surface area contributed by atoms with E-state index in [4.69, 9.17) is 0 Å². The second-order valence-electron chi connectivity index (χ2n) is 3.42. The van der Waals surface area contributed by atoms with Crippen LogP contribution in [0.4, 0.5) is 4.39 Å². The molecule has 18 heavy (non-hydrogen) atoms. The zero-order chi connectivity index (χ0) is 13.1. The van der Waals surface area contributed by atoms with Crippen LogP contribution in [0.25, 0.3) is 5.69 Å². The number of esters is 1. The predicted molar refractivity (Wildman–Crippen MR) is 61.1 cm³/mol. The number of methoxy groups -OCH3 is 1. The minimum Gasteiger partial charge on any atom is -0.464 e.